The van der Waals surface area contributed by atoms with Gasteiger partial charge in [0.05, 0.1) is 24.3 Å². The molecular formula is C16H15F3N2O2S. The minimum absolute atomic E-state index is 0.304. The number of amides is 1. The van der Waals surface area contributed by atoms with Crippen molar-refractivity contribution in [2.75, 3.05) is 11.9 Å². The standard InChI is InChI=1S/C16H15F3N2O2S/c17-16(18,19)10-3-1-9(2-4-10)7-21-15-13(14(20)22)11-5-6-23-8-12(11)24-15/h1-4,21H,5-8H2,(H2,20,22). The Morgan fingerprint density at radius 2 is 2.00 bits per heavy atom. The summed E-state index contributed by atoms with van der Waals surface area (Å²) < 4.78 is 43.1. The van der Waals surface area contributed by atoms with Crippen LogP contribution in [-0.2, 0) is 30.5 Å². The number of carbonyl (C=O) groups is 1. The first-order valence-electron chi connectivity index (χ1n) is 7.28. The summed E-state index contributed by atoms with van der Waals surface area (Å²) in [7, 11) is 0. The second-order valence-electron chi connectivity index (χ2n) is 5.42. The van der Waals surface area contributed by atoms with Crippen LogP contribution in [0.2, 0.25) is 0 Å². The summed E-state index contributed by atoms with van der Waals surface area (Å²) >= 11 is 1.40. The van der Waals surface area contributed by atoms with Gasteiger partial charge in [-0.1, -0.05) is 12.1 Å². The summed E-state index contributed by atoms with van der Waals surface area (Å²) in [5, 5.41) is 3.74. The SMILES string of the molecule is NC(=O)c1c(NCc2ccc(C(F)(F)F)cc2)sc2c1CCOC2. The molecule has 0 atom stereocenters. The summed E-state index contributed by atoms with van der Waals surface area (Å²) in [6, 6.07) is 4.91. The minimum Gasteiger partial charge on any atom is -0.376 e. The molecule has 2 aromatic rings. The van der Waals surface area contributed by atoms with E-state index in [1.54, 1.807) is 0 Å². The highest BCUT2D eigenvalue weighted by molar-refractivity contribution is 7.16. The van der Waals surface area contributed by atoms with Gasteiger partial charge in [0.15, 0.2) is 0 Å². The van der Waals surface area contributed by atoms with E-state index >= 15 is 0 Å². The molecular weight excluding hydrogens is 341 g/mol. The Morgan fingerprint density at radius 3 is 2.62 bits per heavy atom. The highest BCUT2D eigenvalue weighted by Crippen LogP contribution is 2.36. The van der Waals surface area contributed by atoms with Gasteiger partial charge in [0.25, 0.3) is 5.91 Å². The van der Waals surface area contributed by atoms with Crippen molar-refractivity contribution in [2.24, 2.45) is 5.73 Å². The predicted molar refractivity (Wildman–Crippen MR) is 85.0 cm³/mol. The van der Waals surface area contributed by atoms with E-state index in [4.69, 9.17) is 10.5 Å². The molecule has 8 heteroatoms. The zero-order valence-electron chi connectivity index (χ0n) is 12.6. The lowest BCUT2D eigenvalue weighted by molar-refractivity contribution is -0.137. The number of hydrogen-bond donors (Lipinski definition) is 2. The number of alkyl halides is 3. The van der Waals surface area contributed by atoms with Crippen molar-refractivity contribution in [2.45, 2.75) is 25.7 Å². The van der Waals surface area contributed by atoms with Crippen LogP contribution in [0.25, 0.3) is 0 Å². The molecule has 1 aliphatic rings. The van der Waals surface area contributed by atoms with Crippen LogP contribution in [0.4, 0.5) is 18.2 Å². The maximum atomic E-state index is 12.6. The molecule has 0 unspecified atom stereocenters. The monoisotopic (exact) mass is 356 g/mol. The molecule has 1 aliphatic heterocycles. The zero-order valence-corrected chi connectivity index (χ0v) is 13.4. The van der Waals surface area contributed by atoms with E-state index in [9.17, 15) is 18.0 Å². The minimum atomic E-state index is -4.35. The van der Waals surface area contributed by atoms with E-state index in [1.165, 1.54) is 23.5 Å². The maximum Gasteiger partial charge on any atom is 0.416 e. The number of thiophene rings is 1. The second kappa shape index (κ2) is 6.45. The smallest absolute Gasteiger partial charge is 0.376 e. The van der Waals surface area contributed by atoms with Gasteiger partial charge in [-0.25, -0.2) is 0 Å². The number of halogens is 3. The number of ether oxygens (including phenoxy) is 1. The summed E-state index contributed by atoms with van der Waals surface area (Å²) in [5.41, 5.74) is 6.85. The van der Waals surface area contributed by atoms with E-state index in [-0.39, 0.29) is 0 Å². The van der Waals surface area contributed by atoms with Crippen molar-refractivity contribution in [1.82, 2.24) is 0 Å². The van der Waals surface area contributed by atoms with Gasteiger partial charge in [0.1, 0.15) is 5.00 Å². The average Bonchev–Trinajstić information content (AvgIpc) is 2.91. The van der Waals surface area contributed by atoms with Crippen molar-refractivity contribution in [3.63, 3.8) is 0 Å². The summed E-state index contributed by atoms with van der Waals surface area (Å²) in [6.45, 7) is 1.29. The van der Waals surface area contributed by atoms with E-state index in [1.807, 2.05) is 0 Å². The molecule has 1 aromatic carbocycles. The van der Waals surface area contributed by atoms with Crippen LogP contribution in [0.3, 0.4) is 0 Å². The molecule has 0 saturated carbocycles. The van der Waals surface area contributed by atoms with Gasteiger partial charge in [-0.3, -0.25) is 4.79 Å². The van der Waals surface area contributed by atoms with Gasteiger partial charge in [0.2, 0.25) is 0 Å². The Labute approximate surface area is 140 Å². The molecule has 3 rings (SSSR count). The molecule has 4 nitrogen and oxygen atoms in total. The Morgan fingerprint density at radius 1 is 1.29 bits per heavy atom. The fourth-order valence-electron chi connectivity index (χ4n) is 2.61. The maximum absolute atomic E-state index is 12.6. The lowest BCUT2D eigenvalue weighted by Crippen LogP contribution is -2.17. The van der Waals surface area contributed by atoms with E-state index in [0.29, 0.717) is 42.3 Å². The largest absolute Gasteiger partial charge is 0.416 e. The molecule has 1 amide bonds. The van der Waals surface area contributed by atoms with E-state index < -0.39 is 17.6 Å². The first-order chi connectivity index (χ1) is 11.4. The van der Waals surface area contributed by atoms with Gasteiger partial charge >= 0.3 is 6.18 Å². The number of nitrogens with one attached hydrogen (secondary N) is 1. The third-order valence-electron chi connectivity index (χ3n) is 3.80. The summed E-state index contributed by atoms with van der Waals surface area (Å²) in [4.78, 5) is 12.7. The third kappa shape index (κ3) is 3.39. The van der Waals surface area contributed by atoms with Crippen molar-refractivity contribution in [1.29, 1.82) is 0 Å². The first-order valence-corrected chi connectivity index (χ1v) is 8.10. The number of anilines is 1. The number of nitrogens with two attached hydrogens (primary N) is 1. The highest BCUT2D eigenvalue weighted by atomic mass is 32.1. The molecule has 0 fully saturated rings. The van der Waals surface area contributed by atoms with Gasteiger partial charge in [0, 0.05) is 11.4 Å². The molecule has 0 spiro atoms. The summed E-state index contributed by atoms with van der Waals surface area (Å²) in [6.07, 6.45) is -3.72. The Balaban J connectivity index is 1.77. The molecule has 0 saturated heterocycles. The number of primary amides is 1. The molecule has 0 aliphatic carbocycles. The van der Waals surface area contributed by atoms with Crippen LogP contribution >= 0.6 is 11.3 Å². The predicted octanol–water partition coefficient (Wildman–Crippen LogP) is 3.55. The number of carbonyl (C=O) groups excluding carboxylic acids is 1. The fraction of sp³-hybridized carbons (Fsp3) is 0.312. The molecule has 0 bridgehead atoms. The number of rotatable bonds is 4. The average molecular weight is 356 g/mol. The van der Waals surface area contributed by atoms with Gasteiger partial charge in [-0.2, -0.15) is 13.2 Å². The van der Waals surface area contributed by atoms with Crippen LogP contribution in [-0.4, -0.2) is 12.5 Å². The second-order valence-corrected chi connectivity index (χ2v) is 6.53. The Hall–Kier alpha value is -2.06. The zero-order chi connectivity index (χ0) is 17.3. The number of benzene rings is 1. The van der Waals surface area contributed by atoms with Crippen LogP contribution in [0.15, 0.2) is 24.3 Å². The quantitative estimate of drug-likeness (QED) is 0.881. The molecule has 0 radical (unpaired) electrons. The lowest BCUT2D eigenvalue weighted by atomic mass is 10.1. The van der Waals surface area contributed by atoms with E-state index in [2.05, 4.69) is 5.32 Å². The molecule has 24 heavy (non-hydrogen) atoms. The van der Waals surface area contributed by atoms with Crippen molar-refractivity contribution < 1.29 is 22.7 Å². The Kier molecular flexibility index (Phi) is 4.51. The topological polar surface area (TPSA) is 64.4 Å². The molecule has 3 N–H and O–H groups in total. The van der Waals surface area contributed by atoms with Gasteiger partial charge < -0.3 is 15.8 Å². The normalized spacial score (nSPS) is 14.3. The van der Waals surface area contributed by atoms with E-state index in [0.717, 1.165) is 22.6 Å². The van der Waals surface area contributed by atoms with Crippen LogP contribution in [0.5, 0.6) is 0 Å². The third-order valence-corrected chi connectivity index (χ3v) is 4.96. The lowest BCUT2D eigenvalue weighted by Gasteiger charge is -2.12. The number of hydrogen-bond acceptors (Lipinski definition) is 4. The number of fused-ring (bicyclic) bond motifs is 1. The molecule has 2 heterocycles. The highest BCUT2D eigenvalue weighted by Gasteiger charge is 2.30. The van der Waals surface area contributed by atoms with Crippen molar-refractivity contribution in [3.05, 3.63) is 51.4 Å². The van der Waals surface area contributed by atoms with Crippen molar-refractivity contribution >= 4 is 22.2 Å². The Bertz CT molecular complexity index is 754. The van der Waals surface area contributed by atoms with Gasteiger partial charge in [-0.05, 0) is 29.7 Å². The molecule has 1 aromatic heterocycles. The van der Waals surface area contributed by atoms with Crippen LogP contribution in [0.1, 0.15) is 31.9 Å². The first kappa shape index (κ1) is 16.8. The fourth-order valence-corrected chi connectivity index (χ4v) is 3.80. The summed E-state index contributed by atoms with van der Waals surface area (Å²) in [5.74, 6) is -0.510. The van der Waals surface area contributed by atoms with Crippen LogP contribution in [0, 0.1) is 0 Å². The molecule has 128 valence electrons. The van der Waals surface area contributed by atoms with Crippen molar-refractivity contribution in [3.8, 4) is 0 Å². The van der Waals surface area contributed by atoms with Crippen LogP contribution < -0.4 is 11.1 Å². The van der Waals surface area contributed by atoms with Gasteiger partial charge in [-0.15, -0.1) is 11.3 Å².